The molecule has 1 fully saturated rings. The third-order valence-corrected chi connectivity index (χ3v) is 8.08. The molecule has 1 N–H and O–H groups in total. The number of carbonyl (C=O) groups excluding carboxylic acids is 1. The first kappa shape index (κ1) is 23.1. The quantitative estimate of drug-likeness (QED) is 0.355. The minimum Gasteiger partial charge on any atom is -0.511 e. The molecule has 5 rings (SSSR count). The van der Waals surface area contributed by atoms with Crippen molar-refractivity contribution in [3.8, 4) is 5.75 Å². The van der Waals surface area contributed by atoms with Crippen LogP contribution in [0.3, 0.4) is 0 Å². The summed E-state index contributed by atoms with van der Waals surface area (Å²) in [6.45, 7) is 0. The SMILES string of the molecule is COc1ccc(CCC2(C3CCCC3)CC(O)=C(Sc3nc4ccccc4o3)C(=O)O2)cc1Cl. The summed E-state index contributed by atoms with van der Waals surface area (Å²) in [5.74, 6) is 0.364. The number of nitrogens with zero attached hydrogens (tertiary/aromatic N) is 1. The predicted molar refractivity (Wildman–Crippen MR) is 131 cm³/mol. The van der Waals surface area contributed by atoms with Crippen LogP contribution in [0, 0.1) is 5.92 Å². The van der Waals surface area contributed by atoms with E-state index in [0.717, 1.165) is 43.0 Å². The molecule has 3 aromatic rings. The summed E-state index contributed by atoms with van der Waals surface area (Å²) in [5, 5.41) is 11.9. The molecule has 8 heteroatoms. The average Bonchev–Trinajstić information content (AvgIpc) is 3.50. The van der Waals surface area contributed by atoms with Crippen LogP contribution in [0.4, 0.5) is 0 Å². The van der Waals surface area contributed by atoms with E-state index < -0.39 is 11.6 Å². The highest BCUT2D eigenvalue weighted by atomic mass is 35.5. The van der Waals surface area contributed by atoms with E-state index >= 15 is 0 Å². The van der Waals surface area contributed by atoms with Gasteiger partial charge in [-0.2, -0.15) is 0 Å². The number of hydrogen-bond donors (Lipinski definition) is 1. The molecule has 1 unspecified atom stereocenters. The van der Waals surface area contributed by atoms with E-state index in [1.165, 1.54) is 0 Å². The summed E-state index contributed by atoms with van der Waals surface area (Å²) in [4.78, 5) is 17.7. The maximum Gasteiger partial charge on any atom is 0.349 e. The van der Waals surface area contributed by atoms with Gasteiger partial charge >= 0.3 is 5.97 Å². The number of aryl methyl sites for hydroxylation is 1. The summed E-state index contributed by atoms with van der Waals surface area (Å²) < 4.78 is 17.2. The fourth-order valence-electron chi connectivity index (χ4n) is 5.08. The third-order valence-electron chi connectivity index (χ3n) is 6.83. The number of oxazole rings is 1. The van der Waals surface area contributed by atoms with Crippen molar-refractivity contribution < 1.29 is 23.8 Å². The lowest BCUT2D eigenvalue weighted by molar-refractivity contribution is -0.166. The highest BCUT2D eigenvalue weighted by Gasteiger charge is 2.48. The molecule has 1 atom stereocenters. The van der Waals surface area contributed by atoms with Crippen LogP contribution >= 0.6 is 23.4 Å². The van der Waals surface area contributed by atoms with Crippen molar-refractivity contribution in [3.05, 3.63) is 63.7 Å². The number of aromatic nitrogens is 1. The number of aliphatic hydroxyl groups is 1. The second-order valence-corrected chi connectivity index (χ2v) is 10.3. The van der Waals surface area contributed by atoms with Gasteiger partial charge in [0.1, 0.15) is 27.5 Å². The minimum absolute atomic E-state index is 0.0446. The molecule has 2 aliphatic rings. The largest absolute Gasteiger partial charge is 0.511 e. The van der Waals surface area contributed by atoms with Crippen molar-refractivity contribution >= 4 is 40.4 Å². The summed E-state index contributed by atoms with van der Waals surface area (Å²) in [6, 6.07) is 13.1. The monoisotopic (exact) mass is 499 g/mol. The highest BCUT2D eigenvalue weighted by molar-refractivity contribution is 8.03. The lowest BCUT2D eigenvalue weighted by Gasteiger charge is -2.41. The maximum atomic E-state index is 13.2. The molecule has 2 aromatic carbocycles. The first-order valence-electron chi connectivity index (χ1n) is 11.5. The summed E-state index contributed by atoms with van der Waals surface area (Å²) in [5.41, 5.74) is 1.63. The van der Waals surface area contributed by atoms with Crippen molar-refractivity contribution in [1.82, 2.24) is 4.98 Å². The first-order valence-corrected chi connectivity index (χ1v) is 12.7. The van der Waals surface area contributed by atoms with Crippen LogP contribution in [0.2, 0.25) is 5.02 Å². The van der Waals surface area contributed by atoms with Gasteiger partial charge in [0.25, 0.3) is 5.22 Å². The second-order valence-electron chi connectivity index (χ2n) is 8.91. The zero-order valence-electron chi connectivity index (χ0n) is 18.9. The Kier molecular flexibility index (Phi) is 6.49. The third kappa shape index (κ3) is 4.51. The molecule has 6 nitrogen and oxygen atoms in total. The predicted octanol–water partition coefficient (Wildman–Crippen LogP) is 6.86. The number of thioether (sulfide) groups is 1. The number of fused-ring (bicyclic) bond motifs is 1. The van der Waals surface area contributed by atoms with E-state index in [-0.39, 0.29) is 23.0 Å². The van der Waals surface area contributed by atoms with Gasteiger partial charge < -0.3 is 19.0 Å². The minimum atomic E-state index is -0.741. The standard InChI is InChI=1S/C26H26ClNO5S/c1-31-21-11-10-16(14-18(21)27)12-13-26(17-6-2-3-7-17)15-20(29)23(24(30)33-26)34-25-28-19-8-4-5-9-22(19)32-25/h4-5,8-11,14,17,29H,2-3,6-7,12-13,15H2,1H3. The molecule has 34 heavy (non-hydrogen) atoms. The Labute approximate surface area is 207 Å². The normalized spacial score (nSPS) is 21.3. The van der Waals surface area contributed by atoms with Gasteiger partial charge in [0.05, 0.1) is 12.1 Å². The van der Waals surface area contributed by atoms with E-state index in [4.69, 9.17) is 25.5 Å². The van der Waals surface area contributed by atoms with Crippen LogP contribution in [0.25, 0.3) is 11.1 Å². The fraction of sp³-hybridized carbons (Fsp3) is 0.385. The molecule has 1 aliphatic carbocycles. The van der Waals surface area contributed by atoms with Crippen LogP contribution in [-0.2, 0) is 16.0 Å². The smallest absolute Gasteiger partial charge is 0.349 e. The fourth-order valence-corrected chi connectivity index (χ4v) is 6.12. The maximum absolute atomic E-state index is 13.2. The highest BCUT2D eigenvalue weighted by Crippen LogP contribution is 2.48. The van der Waals surface area contributed by atoms with Gasteiger partial charge in [-0.1, -0.05) is 42.6 Å². The van der Waals surface area contributed by atoms with Crippen LogP contribution in [0.15, 0.2) is 62.8 Å². The first-order chi connectivity index (χ1) is 16.5. The number of halogens is 1. The van der Waals surface area contributed by atoms with Crippen LogP contribution in [0.5, 0.6) is 5.75 Å². The van der Waals surface area contributed by atoms with E-state index in [0.29, 0.717) is 39.9 Å². The number of rotatable bonds is 7. The Morgan fingerprint density at radius 3 is 2.74 bits per heavy atom. The number of cyclic esters (lactones) is 1. The Hall–Kier alpha value is -2.64. The number of benzene rings is 2. The van der Waals surface area contributed by atoms with Gasteiger partial charge in [0, 0.05) is 6.42 Å². The number of aliphatic hydroxyl groups excluding tert-OH is 1. The molecule has 2 heterocycles. The van der Waals surface area contributed by atoms with Crippen LogP contribution in [0.1, 0.15) is 44.1 Å². The van der Waals surface area contributed by atoms with Gasteiger partial charge in [-0.25, -0.2) is 9.78 Å². The molecule has 178 valence electrons. The Balaban J connectivity index is 1.39. The number of ether oxygens (including phenoxy) is 2. The van der Waals surface area contributed by atoms with Crippen molar-refractivity contribution in [2.45, 2.75) is 55.8 Å². The molecule has 1 aromatic heterocycles. The molecule has 0 spiro atoms. The lowest BCUT2D eigenvalue weighted by atomic mass is 9.77. The van der Waals surface area contributed by atoms with Crippen molar-refractivity contribution in [2.75, 3.05) is 7.11 Å². The molecule has 0 radical (unpaired) electrons. The van der Waals surface area contributed by atoms with Crippen molar-refractivity contribution in [3.63, 3.8) is 0 Å². The number of carbonyl (C=O) groups is 1. The summed E-state index contributed by atoms with van der Waals surface area (Å²) >= 11 is 7.33. The Morgan fingerprint density at radius 2 is 2.03 bits per heavy atom. The van der Waals surface area contributed by atoms with Crippen molar-refractivity contribution in [2.24, 2.45) is 5.92 Å². The van der Waals surface area contributed by atoms with E-state index in [1.54, 1.807) is 7.11 Å². The Bertz CT molecular complexity index is 1220. The van der Waals surface area contributed by atoms with Crippen LogP contribution < -0.4 is 4.74 Å². The lowest BCUT2D eigenvalue weighted by Crippen LogP contribution is -2.45. The van der Waals surface area contributed by atoms with E-state index in [2.05, 4.69) is 4.98 Å². The number of hydrogen-bond acceptors (Lipinski definition) is 7. The number of methoxy groups -OCH3 is 1. The molecular formula is C26H26ClNO5S. The van der Waals surface area contributed by atoms with Gasteiger partial charge in [0.2, 0.25) is 0 Å². The topological polar surface area (TPSA) is 81.8 Å². The number of esters is 1. The van der Waals surface area contributed by atoms with E-state index in [1.807, 2.05) is 42.5 Å². The summed E-state index contributed by atoms with van der Waals surface area (Å²) in [7, 11) is 1.59. The average molecular weight is 500 g/mol. The van der Waals surface area contributed by atoms with Crippen molar-refractivity contribution in [1.29, 1.82) is 0 Å². The molecule has 0 amide bonds. The second kappa shape index (κ2) is 9.55. The molecule has 1 aliphatic heterocycles. The van der Waals surface area contributed by atoms with Gasteiger partial charge in [-0.3, -0.25) is 0 Å². The molecule has 1 saturated carbocycles. The Morgan fingerprint density at radius 1 is 1.24 bits per heavy atom. The number of para-hydroxylation sites is 2. The van der Waals surface area contributed by atoms with E-state index in [9.17, 15) is 9.90 Å². The van der Waals surface area contributed by atoms with Gasteiger partial charge in [-0.15, -0.1) is 0 Å². The van der Waals surface area contributed by atoms with Gasteiger partial charge in [-0.05, 0) is 73.2 Å². The molecule has 0 saturated heterocycles. The zero-order valence-corrected chi connectivity index (χ0v) is 20.5. The zero-order chi connectivity index (χ0) is 23.7. The van der Waals surface area contributed by atoms with Crippen LogP contribution in [-0.4, -0.2) is 28.8 Å². The molecular weight excluding hydrogens is 474 g/mol. The molecule has 0 bridgehead atoms. The van der Waals surface area contributed by atoms with Gasteiger partial charge in [0.15, 0.2) is 5.58 Å². The summed E-state index contributed by atoms with van der Waals surface area (Å²) in [6.07, 6.45) is 5.75.